The Bertz CT molecular complexity index is 543. The lowest BCUT2D eigenvalue weighted by Crippen LogP contribution is -2.46. The van der Waals surface area contributed by atoms with Gasteiger partial charge in [0.25, 0.3) is 5.91 Å². The Labute approximate surface area is 110 Å². The summed E-state index contributed by atoms with van der Waals surface area (Å²) in [5, 5.41) is 0. The first-order valence-corrected chi connectivity index (χ1v) is 6.15. The molecule has 1 aromatic rings. The molecule has 1 unspecified atom stereocenters. The summed E-state index contributed by atoms with van der Waals surface area (Å²) in [4.78, 5) is 25.4. The predicted molar refractivity (Wildman–Crippen MR) is 65.8 cm³/mol. The molecule has 0 spiro atoms. The lowest BCUT2D eigenvalue weighted by molar-refractivity contribution is -0.130. The van der Waals surface area contributed by atoms with Gasteiger partial charge in [0.1, 0.15) is 0 Å². The maximum absolute atomic E-state index is 12.3. The number of nitrogens with two attached hydrogens (primary N) is 1. The number of hydrogen-bond acceptors (Lipinski definition) is 5. The average molecular weight is 262 g/mol. The largest absolute Gasteiger partial charge is 0.454 e. The number of likely N-dealkylation sites (tertiary alicyclic amines) is 1. The summed E-state index contributed by atoms with van der Waals surface area (Å²) in [5.41, 5.74) is 6.13. The summed E-state index contributed by atoms with van der Waals surface area (Å²) in [6, 6.07) is 4.77. The molecule has 1 fully saturated rings. The predicted octanol–water partition coefficient (Wildman–Crippen LogP) is 0.505. The van der Waals surface area contributed by atoms with Crippen molar-refractivity contribution in [1.82, 2.24) is 4.90 Å². The first kappa shape index (κ1) is 12.0. The normalized spacial score (nSPS) is 21.6. The van der Waals surface area contributed by atoms with Crippen LogP contribution in [0.15, 0.2) is 18.2 Å². The summed E-state index contributed by atoms with van der Waals surface area (Å²) in [6.45, 7) is 0.526. The summed E-state index contributed by atoms with van der Waals surface area (Å²) in [7, 11) is 0. The van der Waals surface area contributed by atoms with E-state index in [-0.39, 0.29) is 31.1 Å². The molecule has 3 rings (SSSR count). The van der Waals surface area contributed by atoms with Crippen LogP contribution in [-0.2, 0) is 4.79 Å². The van der Waals surface area contributed by atoms with Crippen LogP contribution >= 0.6 is 0 Å². The minimum atomic E-state index is -0.310. The molecule has 2 aliphatic rings. The highest BCUT2D eigenvalue weighted by molar-refractivity contribution is 6.05. The van der Waals surface area contributed by atoms with Crippen molar-refractivity contribution in [2.75, 3.05) is 13.3 Å². The van der Waals surface area contributed by atoms with Gasteiger partial charge in [0.15, 0.2) is 11.5 Å². The fraction of sp³-hybridized carbons (Fsp3) is 0.385. The number of fused-ring (bicyclic) bond motifs is 1. The first-order chi connectivity index (χ1) is 9.15. The zero-order valence-electron chi connectivity index (χ0n) is 10.3. The van der Waals surface area contributed by atoms with Crippen molar-refractivity contribution >= 4 is 11.8 Å². The highest BCUT2D eigenvalue weighted by atomic mass is 16.7. The summed E-state index contributed by atoms with van der Waals surface area (Å²) >= 11 is 0. The van der Waals surface area contributed by atoms with Crippen molar-refractivity contribution in [3.8, 4) is 11.5 Å². The standard InChI is InChI=1S/C13H14N2O4/c14-9-3-4-15(12(16)6-9)13(17)8-1-2-10-11(5-8)19-7-18-10/h1-2,5,9H,3-4,6-7,14H2. The Balaban J connectivity index is 1.82. The van der Waals surface area contributed by atoms with Gasteiger partial charge in [-0.3, -0.25) is 14.5 Å². The Morgan fingerprint density at radius 1 is 1.32 bits per heavy atom. The van der Waals surface area contributed by atoms with E-state index < -0.39 is 0 Å². The number of amides is 2. The minimum absolute atomic E-state index is 0.145. The van der Waals surface area contributed by atoms with Crippen LogP contribution in [-0.4, -0.2) is 36.1 Å². The van der Waals surface area contributed by atoms with E-state index in [0.29, 0.717) is 30.0 Å². The zero-order chi connectivity index (χ0) is 13.4. The number of imide groups is 1. The molecule has 100 valence electrons. The quantitative estimate of drug-likeness (QED) is 0.745. The molecule has 1 aromatic carbocycles. The van der Waals surface area contributed by atoms with Gasteiger partial charge in [-0.05, 0) is 24.6 Å². The van der Waals surface area contributed by atoms with Crippen molar-refractivity contribution in [1.29, 1.82) is 0 Å². The molecular formula is C13H14N2O4. The van der Waals surface area contributed by atoms with Crippen molar-refractivity contribution in [3.63, 3.8) is 0 Å². The fourth-order valence-corrected chi connectivity index (χ4v) is 2.26. The Kier molecular flexibility index (Phi) is 2.87. The average Bonchev–Trinajstić information content (AvgIpc) is 2.85. The van der Waals surface area contributed by atoms with Crippen LogP contribution < -0.4 is 15.2 Å². The van der Waals surface area contributed by atoms with E-state index in [0.717, 1.165) is 0 Å². The third-order valence-corrected chi connectivity index (χ3v) is 3.33. The second kappa shape index (κ2) is 4.55. The smallest absolute Gasteiger partial charge is 0.260 e. The van der Waals surface area contributed by atoms with Crippen LogP contribution in [0.25, 0.3) is 0 Å². The number of carbonyl (C=O) groups excluding carboxylic acids is 2. The molecule has 0 aromatic heterocycles. The molecule has 2 amide bonds. The van der Waals surface area contributed by atoms with E-state index in [2.05, 4.69) is 0 Å². The molecule has 2 N–H and O–H groups in total. The molecule has 6 nitrogen and oxygen atoms in total. The van der Waals surface area contributed by atoms with Gasteiger partial charge in [0.05, 0.1) is 0 Å². The number of rotatable bonds is 1. The first-order valence-electron chi connectivity index (χ1n) is 6.15. The van der Waals surface area contributed by atoms with Crippen LogP contribution in [0.3, 0.4) is 0 Å². The van der Waals surface area contributed by atoms with E-state index >= 15 is 0 Å². The molecule has 0 saturated carbocycles. The number of piperidine rings is 1. The lowest BCUT2D eigenvalue weighted by atomic mass is 10.0. The van der Waals surface area contributed by atoms with Gasteiger partial charge >= 0.3 is 0 Å². The molecule has 0 aliphatic carbocycles. The highest BCUT2D eigenvalue weighted by Crippen LogP contribution is 2.33. The minimum Gasteiger partial charge on any atom is -0.454 e. The molecule has 0 radical (unpaired) electrons. The topological polar surface area (TPSA) is 81.9 Å². The molecule has 1 atom stereocenters. The summed E-state index contributed by atoms with van der Waals surface area (Å²) < 4.78 is 10.4. The van der Waals surface area contributed by atoms with Gasteiger partial charge in [-0.25, -0.2) is 0 Å². The maximum atomic E-state index is 12.3. The van der Waals surface area contributed by atoms with Gasteiger partial charge < -0.3 is 15.2 Å². The van der Waals surface area contributed by atoms with Gasteiger partial charge in [0, 0.05) is 24.6 Å². The van der Waals surface area contributed by atoms with E-state index in [4.69, 9.17) is 15.2 Å². The fourth-order valence-electron chi connectivity index (χ4n) is 2.26. The van der Waals surface area contributed by atoms with Crippen LogP contribution in [0, 0.1) is 0 Å². The lowest BCUT2D eigenvalue weighted by Gasteiger charge is -2.28. The third-order valence-electron chi connectivity index (χ3n) is 3.33. The van der Waals surface area contributed by atoms with Crippen molar-refractivity contribution in [3.05, 3.63) is 23.8 Å². The van der Waals surface area contributed by atoms with Gasteiger partial charge in [0.2, 0.25) is 12.7 Å². The number of ether oxygens (including phenoxy) is 2. The summed E-state index contributed by atoms with van der Waals surface area (Å²) in [5.74, 6) is 0.618. The van der Waals surface area contributed by atoms with E-state index in [1.807, 2.05) is 0 Å². The number of carbonyl (C=O) groups is 2. The van der Waals surface area contributed by atoms with Crippen LogP contribution in [0.1, 0.15) is 23.2 Å². The van der Waals surface area contributed by atoms with Crippen molar-refractivity contribution in [2.45, 2.75) is 18.9 Å². The summed E-state index contributed by atoms with van der Waals surface area (Å²) in [6.07, 6.45) is 0.859. The second-order valence-electron chi connectivity index (χ2n) is 4.67. The van der Waals surface area contributed by atoms with Crippen LogP contribution in [0.4, 0.5) is 0 Å². The van der Waals surface area contributed by atoms with Crippen LogP contribution in [0.2, 0.25) is 0 Å². The highest BCUT2D eigenvalue weighted by Gasteiger charge is 2.29. The number of benzene rings is 1. The maximum Gasteiger partial charge on any atom is 0.260 e. The molecule has 2 heterocycles. The molecule has 6 heteroatoms. The number of hydrogen-bond donors (Lipinski definition) is 1. The van der Waals surface area contributed by atoms with Crippen LogP contribution in [0.5, 0.6) is 11.5 Å². The monoisotopic (exact) mass is 262 g/mol. The molecule has 2 aliphatic heterocycles. The zero-order valence-corrected chi connectivity index (χ0v) is 10.3. The van der Waals surface area contributed by atoms with Gasteiger partial charge in [-0.1, -0.05) is 0 Å². The Morgan fingerprint density at radius 2 is 2.11 bits per heavy atom. The Hall–Kier alpha value is -2.08. The molecular weight excluding hydrogens is 248 g/mol. The van der Waals surface area contributed by atoms with E-state index in [9.17, 15) is 9.59 Å². The second-order valence-corrected chi connectivity index (χ2v) is 4.67. The molecule has 19 heavy (non-hydrogen) atoms. The third kappa shape index (κ3) is 2.15. The van der Waals surface area contributed by atoms with E-state index in [1.165, 1.54) is 4.90 Å². The molecule has 0 bridgehead atoms. The van der Waals surface area contributed by atoms with Crippen molar-refractivity contribution < 1.29 is 19.1 Å². The van der Waals surface area contributed by atoms with Gasteiger partial charge in [-0.15, -0.1) is 0 Å². The Morgan fingerprint density at radius 3 is 2.89 bits per heavy atom. The van der Waals surface area contributed by atoms with Gasteiger partial charge in [-0.2, -0.15) is 0 Å². The molecule has 1 saturated heterocycles. The number of nitrogens with zero attached hydrogens (tertiary/aromatic N) is 1. The SMILES string of the molecule is NC1CCN(C(=O)c2ccc3c(c2)OCO3)C(=O)C1. The van der Waals surface area contributed by atoms with Crippen molar-refractivity contribution in [2.24, 2.45) is 5.73 Å². The van der Waals surface area contributed by atoms with E-state index in [1.54, 1.807) is 18.2 Å².